The van der Waals surface area contributed by atoms with Crippen LogP contribution in [0.1, 0.15) is 39.5 Å². The second-order valence-corrected chi connectivity index (χ2v) is 6.29. The minimum Gasteiger partial charge on any atom is -0.489 e. The van der Waals surface area contributed by atoms with Crippen molar-refractivity contribution in [2.24, 2.45) is 0 Å². The molecule has 0 radical (unpaired) electrons. The second kappa shape index (κ2) is 10.4. The van der Waals surface area contributed by atoms with Crippen molar-refractivity contribution in [3.63, 3.8) is 0 Å². The molecule has 2 aromatic rings. The largest absolute Gasteiger partial charge is 0.489 e. The number of anilines is 1. The summed E-state index contributed by atoms with van der Waals surface area (Å²) in [7, 11) is 0. The van der Waals surface area contributed by atoms with Gasteiger partial charge in [-0.15, -0.1) is 6.58 Å². The van der Waals surface area contributed by atoms with Gasteiger partial charge < -0.3 is 19.4 Å². The van der Waals surface area contributed by atoms with Crippen LogP contribution in [0.25, 0.3) is 10.9 Å². The molecule has 0 saturated carbocycles. The van der Waals surface area contributed by atoms with Crippen LogP contribution in [0.3, 0.4) is 0 Å². The number of ether oxygens (including phenoxy) is 2. The Balaban J connectivity index is 2.68. The van der Waals surface area contributed by atoms with Crippen LogP contribution in [-0.2, 0) is 11.3 Å². The first-order chi connectivity index (χ1) is 13.2. The van der Waals surface area contributed by atoms with E-state index >= 15 is 0 Å². The summed E-state index contributed by atoms with van der Waals surface area (Å²) in [5.74, 6) is 0.287. The predicted octanol–water partition coefficient (Wildman–Crippen LogP) is 4.11. The van der Waals surface area contributed by atoms with E-state index in [0.717, 1.165) is 42.3 Å². The Hall–Kier alpha value is -2.76. The van der Waals surface area contributed by atoms with Crippen LogP contribution in [0, 0.1) is 0 Å². The van der Waals surface area contributed by atoms with Gasteiger partial charge in [-0.25, -0.2) is 0 Å². The Morgan fingerprint density at radius 3 is 2.63 bits per heavy atom. The van der Waals surface area contributed by atoms with Crippen molar-refractivity contribution in [2.45, 2.75) is 46.1 Å². The summed E-state index contributed by atoms with van der Waals surface area (Å²) in [6, 6.07) is 5.73. The van der Waals surface area contributed by atoms with Crippen molar-refractivity contribution in [1.82, 2.24) is 4.57 Å². The normalized spacial score (nSPS) is 10.6. The SMILES string of the molecule is C=CCNc1ccc2c(OCCCC)c(OC=O)c(=O)n(CCCC)c2c1. The minimum atomic E-state index is -0.351. The lowest BCUT2D eigenvalue weighted by molar-refractivity contribution is -0.120. The molecule has 0 fully saturated rings. The zero-order chi connectivity index (χ0) is 19.6. The zero-order valence-electron chi connectivity index (χ0n) is 16.1. The van der Waals surface area contributed by atoms with Crippen molar-refractivity contribution >= 4 is 23.1 Å². The maximum absolute atomic E-state index is 13.0. The first-order valence-corrected chi connectivity index (χ1v) is 9.46. The molecule has 0 amide bonds. The lowest BCUT2D eigenvalue weighted by Crippen LogP contribution is -2.24. The minimum absolute atomic E-state index is 0.0449. The number of unbranched alkanes of at least 4 members (excludes halogenated alkanes) is 2. The molecule has 1 heterocycles. The van der Waals surface area contributed by atoms with Crippen LogP contribution in [0.2, 0.25) is 0 Å². The predicted molar refractivity (Wildman–Crippen MR) is 109 cm³/mol. The third-order valence-electron chi connectivity index (χ3n) is 4.27. The van der Waals surface area contributed by atoms with Gasteiger partial charge in [0.25, 0.3) is 12.0 Å². The summed E-state index contributed by atoms with van der Waals surface area (Å²) >= 11 is 0. The smallest absolute Gasteiger partial charge is 0.298 e. The van der Waals surface area contributed by atoms with Crippen LogP contribution in [0.15, 0.2) is 35.6 Å². The number of hydrogen-bond donors (Lipinski definition) is 1. The van der Waals surface area contributed by atoms with Gasteiger partial charge in [-0.1, -0.05) is 32.8 Å². The number of nitrogens with zero attached hydrogens (tertiary/aromatic N) is 1. The highest BCUT2D eigenvalue weighted by molar-refractivity contribution is 5.90. The molecule has 6 heteroatoms. The summed E-state index contributed by atoms with van der Waals surface area (Å²) in [4.78, 5) is 24.0. The van der Waals surface area contributed by atoms with Crippen LogP contribution in [0.4, 0.5) is 5.69 Å². The molecule has 1 aromatic carbocycles. The highest BCUT2D eigenvalue weighted by Crippen LogP contribution is 2.34. The number of carbonyl (C=O) groups is 1. The topological polar surface area (TPSA) is 69.6 Å². The van der Waals surface area contributed by atoms with Gasteiger partial charge in [0.15, 0.2) is 5.75 Å². The number of hydrogen-bond acceptors (Lipinski definition) is 5. The highest BCUT2D eigenvalue weighted by Gasteiger charge is 2.20. The third-order valence-corrected chi connectivity index (χ3v) is 4.27. The molecule has 6 nitrogen and oxygen atoms in total. The molecule has 0 saturated heterocycles. The molecule has 0 unspecified atom stereocenters. The molecule has 1 aromatic heterocycles. The number of aromatic nitrogens is 1. The Bertz CT molecular complexity index is 842. The molecule has 146 valence electrons. The molecule has 27 heavy (non-hydrogen) atoms. The van der Waals surface area contributed by atoms with Gasteiger partial charge in [-0.3, -0.25) is 9.59 Å². The van der Waals surface area contributed by atoms with E-state index in [0.29, 0.717) is 25.4 Å². The average Bonchev–Trinajstić information content (AvgIpc) is 2.68. The van der Waals surface area contributed by atoms with Gasteiger partial charge in [0.2, 0.25) is 5.75 Å². The fourth-order valence-electron chi connectivity index (χ4n) is 2.85. The summed E-state index contributed by atoms with van der Waals surface area (Å²) in [6.45, 7) is 9.73. The van der Waals surface area contributed by atoms with E-state index in [9.17, 15) is 9.59 Å². The van der Waals surface area contributed by atoms with E-state index in [1.807, 2.05) is 18.2 Å². The standard InChI is InChI=1S/C21H28N2O4/c1-4-7-12-23-18-14-16(22-11-6-3)9-10-17(18)19(26-13-8-5-2)20(21(23)25)27-15-24/h6,9-10,14-15,22H,3-5,7-8,11-13H2,1-2H3. The summed E-state index contributed by atoms with van der Waals surface area (Å²) in [5, 5.41) is 3.99. The Kier molecular flexibility index (Phi) is 7.92. The average molecular weight is 372 g/mol. The first-order valence-electron chi connectivity index (χ1n) is 9.46. The second-order valence-electron chi connectivity index (χ2n) is 6.29. The number of carbonyl (C=O) groups excluding carboxylic acids is 1. The summed E-state index contributed by atoms with van der Waals surface area (Å²) < 4.78 is 12.6. The number of rotatable bonds is 12. The molecule has 0 atom stereocenters. The highest BCUT2D eigenvalue weighted by atomic mass is 16.5. The van der Waals surface area contributed by atoms with Crippen LogP contribution in [-0.4, -0.2) is 24.2 Å². The third kappa shape index (κ3) is 4.90. The van der Waals surface area contributed by atoms with E-state index in [1.165, 1.54) is 0 Å². The number of aryl methyl sites for hydroxylation is 1. The van der Waals surface area contributed by atoms with E-state index in [2.05, 4.69) is 25.7 Å². The molecular formula is C21H28N2O4. The first kappa shape index (κ1) is 20.6. The van der Waals surface area contributed by atoms with Crippen molar-refractivity contribution in [2.75, 3.05) is 18.5 Å². The van der Waals surface area contributed by atoms with Crippen LogP contribution < -0.4 is 20.3 Å². The Morgan fingerprint density at radius 1 is 1.19 bits per heavy atom. The van der Waals surface area contributed by atoms with E-state index in [-0.39, 0.29) is 17.8 Å². The fourth-order valence-corrected chi connectivity index (χ4v) is 2.85. The van der Waals surface area contributed by atoms with E-state index in [1.54, 1.807) is 10.6 Å². The molecule has 1 N–H and O–H groups in total. The number of pyridine rings is 1. The van der Waals surface area contributed by atoms with E-state index in [4.69, 9.17) is 9.47 Å². The fraction of sp³-hybridized carbons (Fsp3) is 0.429. The van der Waals surface area contributed by atoms with Gasteiger partial charge in [-0.05, 0) is 31.0 Å². The van der Waals surface area contributed by atoms with Gasteiger partial charge in [-0.2, -0.15) is 0 Å². The van der Waals surface area contributed by atoms with Crippen molar-refractivity contribution in [3.8, 4) is 11.5 Å². The maximum atomic E-state index is 13.0. The monoisotopic (exact) mass is 372 g/mol. The lowest BCUT2D eigenvalue weighted by Gasteiger charge is -2.18. The van der Waals surface area contributed by atoms with Crippen LogP contribution >= 0.6 is 0 Å². The van der Waals surface area contributed by atoms with Crippen molar-refractivity contribution < 1.29 is 14.3 Å². The molecule has 0 aliphatic carbocycles. The quantitative estimate of drug-likeness (QED) is 0.345. The van der Waals surface area contributed by atoms with E-state index < -0.39 is 0 Å². The lowest BCUT2D eigenvalue weighted by atomic mass is 10.1. The van der Waals surface area contributed by atoms with Crippen molar-refractivity contribution in [3.05, 3.63) is 41.2 Å². The van der Waals surface area contributed by atoms with Gasteiger partial charge in [0.05, 0.1) is 12.1 Å². The Labute approximate surface area is 159 Å². The van der Waals surface area contributed by atoms with Crippen LogP contribution in [0.5, 0.6) is 11.5 Å². The molecule has 0 aliphatic heterocycles. The number of fused-ring (bicyclic) bond motifs is 1. The Morgan fingerprint density at radius 2 is 1.96 bits per heavy atom. The number of nitrogens with one attached hydrogen (secondary N) is 1. The van der Waals surface area contributed by atoms with Gasteiger partial charge >= 0.3 is 0 Å². The molecular weight excluding hydrogens is 344 g/mol. The summed E-state index contributed by atoms with van der Waals surface area (Å²) in [5.41, 5.74) is 1.29. The molecule has 0 aliphatic rings. The van der Waals surface area contributed by atoms with Gasteiger partial charge in [0.1, 0.15) is 0 Å². The molecule has 2 rings (SSSR count). The summed E-state index contributed by atoms with van der Waals surface area (Å²) in [6.07, 6.45) is 5.37. The molecule has 0 spiro atoms. The molecule has 0 bridgehead atoms. The zero-order valence-corrected chi connectivity index (χ0v) is 16.1. The van der Waals surface area contributed by atoms with Gasteiger partial charge in [0, 0.05) is 24.2 Å². The van der Waals surface area contributed by atoms with Crippen molar-refractivity contribution in [1.29, 1.82) is 0 Å². The maximum Gasteiger partial charge on any atom is 0.298 e. The number of benzene rings is 1.